The largest absolute Gasteiger partial charge is 0.277 e. The minimum Gasteiger partial charge on any atom is -0.277 e. The Labute approximate surface area is 94.8 Å². The van der Waals surface area contributed by atoms with Crippen molar-refractivity contribution in [2.24, 2.45) is 5.10 Å². The molecule has 0 aromatic heterocycles. The summed E-state index contributed by atoms with van der Waals surface area (Å²) < 4.78 is 0. The maximum Gasteiger partial charge on any atom is 0.237 e. The highest BCUT2D eigenvalue weighted by molar-refractivity contribution is 6.10. The van der Waals surface area contributed by atoms with Gasteiger partial charge in [0.1, 0.15) is 12.1 Å². The summed E-state index contributed by atoms with van der Waals surface area (Å²) in [5.74, 6) is 0. The molecule has 4 nitrogen and oxygen atoms in total. The molecule has 0 aliphatic rings. The predicted octanol–water partition coefficient (Wildman–Crippen LogP) is 2.45. The van der Waals surface area contributed by atoms with E-state index in [1.807, 2.05) is 24.3 Å². The average molecular weight is 212 g/mol. The van der Waals surface area contributed by atoms with Gasteiger partial charge >= 0.3 is 0 Å². The Hall–Kier alpha value is -2.33. The highest BCUT2D eigenvalue weighted by Crippen LogP contribution is 2.10. The Morgan fingerprint density at radius 3 is 2.38 bits per heavy atom. The van der Waals surface area contributed by atoms with Gasteiger partial charge in [-0.15, -0.1) is 0 Å². The molecule has 1 N–H and O–H groups in total. The van der Waals surface area contributed by atoms with E-state index in [1.54, 1.807) is 12.1 Å². The topological polar surface area (TPSA) is 72.0 Å². The third-order valence-corrected chi connectivity index (χ3v) is 2.00. The van der Waals surface area contributed by atoms with Crippen LogP contribution < -0.4 is 5.43 Å². The van der Waals surface area contributed by atoms with Crippen molar-refractivity contribution >= 4 is 11.4 Å². The number of nitrogens with zero attached hydrogens (tertiary/aromatic N) is 3. The third kappa shape index (κ3) is 3.43. The minimum absolute atomic E-state index is 0.183. The molecule has 0 fully saturated rings. The summed E-state index contributed by atoms with van der Waals surface area (Å²) in [6, 6.07) is 11.1. The fourth-order valence-corrected chi connectivity index (χ4v) is 1.23. The molecule has 80 valence electrons. The number of hydrazone groups is 1. The Kier molecular flexibility index (Phi) is 4.56. The Bertz CT molecular complexity index is 429. The summed E-state index contributed by atoms with van der Waals surface area (Å²) in [5.41, 5.74) is 4.50. The lowest BCUT2D eigenvalue weighted by Crippen LogP contribution is -1.96. The summed E-state index contributed by atoms with van der Waals surface area (Å²) in [6.07, 6.45) is 2.16. The van der Waals surface area contributed by atoms with Crippen LogP contribution in [-0.4, -0.2) is 5.71 Å². The van der Waals surface area contributed by atoms with Crippen LogP contribution >= 0.6 is 0 Å². The van der Waals surface area contributed by atoms with E-state index in [0.717, 1.165) is 18.5 Å². The second-order valence-electron chi connectivity index (χ2n) is 3.24. The van der Waals surface area contributed by atoms with Gasteiger partial charge < -0.3 is 0 Å². The van der Waals surface area contributed by atoms with Crippen LogP contribution in [0.3, 0.4) is 0 Å². The predicted molar refractivity (Wildman–Crippen MR) is 62.7 cm³/mol. The summed E-state index contributed by atoms with van der Waals surface area (Å²) in [6.45, 7) is 2.13. The molecule has 1 aromatic rings. The van der Waals surface area contributed by atoms with Gasteiger partial charge in [0, 0.05) is 0 Å². The molecule has 0 aliphatic heterocycles. The van der Waals surface area contributed by atoms with Gasteiger partial charge in [0.25, 0.3) is 0 Å². The number of hydrogen-bond donors (Lipinski definition) is 1. The van der Waals surface area contributed by atoms with Crippen LogP contribution in [0.15, 0.2) is 29.4 Å². The van der Waals surface area contributed by atoms with Gasteiger partial charge in [0.05, 0.1) is 5.69 Å². The van der Waals surface area contributed by atoms with Gasteiger partial charge in [-0.3, -0.25) is 5.43 Å². The molecule has 16 heavy (non-hydrogen) atoms. The standard InChI is InChI=1S/C12H12N4/c1-2-3-10-4-6-11(7-5-10)15-16-12(8-13)9-14/h4-7,15H,2-3H2,1H3. The quantitative estimate of drug-likeness (QED) is 0.615. The first-order valence-electron chi connectivity index (χ1n) is 5.03. The number of nitrogens with one attached hydrogen (secondary N) is 1. The first kappa shape index (κ1) is 11.7. The first-order valence-corrected chi connectivity index (χ1v) is 5.03. The van der Waals surface area contributed by atoms with Crippen LogP contribution in [0.2, 0.25) is 0 Å². The van der Waals surface area contributed by atoms with Crippen molar-refractivity contribution in [3.63, 3.8) is 0 Å². The SMILES string of the molecule is CCCc1ccc(NN=C(C#N)C#N)cc1. The first-order chi connectivity index (χ1) is 7.80. The fraction of sp³-hybridized carbons (Fsp3) is 0.250. The van der Waals surface area contributed by atoms with Crippen LogP contribution in [0.25, 0.3) is 0 Å². The van der Waals surface area contributed by atoms with Gasteiger partial charge in [0.2, 0.25) is 5.71 Å². The molecule has 0 aliphatic carbocycles. The minimum atomic E-state index is -0.183. The number of aryl methyl sites for hydroxylation is 1. The van der Waals surface area contributed by atoms with E-state index in [4.69, 9.17) is 10.5 Å². The van der Waals surface area contributed by atoms with Crippen LogP contribution in [0, 0.1) is 22.7 Å². The zero-order chi connectivity index (χ0) is 11.8. The molecule has 0 atom stereocenters. The Balaban J connectivity index is 2.67. The van der Waals surface area contributed by atoms with E-state index in [-0.39, 0.29) is 5.71 Å². The number of rotatable bonds is 4. The number of benzene rings is 1. The van der Waals surface area contributed by atoms with Crippen molar-refractivity contribution in [2.45, 2.75) is 19.8 Å². The number of anilines is 1. The van der Waals surface area contributed by atoms with Gasteiger partial charge in [-0.25, -0.2) is 0 Å². The molecule has 0 amide bonds. The normalized spacial score (nSPS) is 8.69. The van der Waals surface area contributed by atoms with Crippen molar-refractivity contribution in [1.29, 1.82) is 10.5 Å². The van der Waals surface area contributed by atoms with E-state index < -0.39 is 0 Å². The van der Waals surface area contributed by atoms with Crippen molar-refractivity contribution in [3.8, 4) is 12.1 Å². The van der Waals surface area contributed by atoms with Gasteiger partial charge in [-0.1, -0.05) is 25.5 Å². The summed E-state index contributed by atoms with van der Waals surface area (Å²) in [4.78, 5) is 0. The molecule has 0 saturated heterocycles. The van der Waals surface area contributed by atoms with E-state index in [0.29, 0.717) is 0 Å². The zero-order valence-electron chi connectivity index (χ0n) is 9.07. The molecule has 1 aromatic carbocycles. The lowest BCUT2D eigenvalue weighted by Gasteiger charge is -2.01. The molecule has 0 spiro atoms. The fourth-order valence-electron chi connectivity index (χ4n) is 1.23. The van der Waals surface area contributed by atoms with Crippen molar-refractivity contribution in [2.75, 3.05) is 5.43 Å². The van der Waals surface area contributed by atoms with Gasteiger partial charge in [-0.05, 0) is 24.1 Å². The summed E-state index contributed by atoms with van der Waals surface area (Å²) in [5, 5.41) is 20.6. The second-order valence-corrected chi connectivity index (χ2v) is 3.24. The molecule has 4 heteroatoms. The van der Waals surface area contributed by atoms with Gasteiger partial charge in [0.15, 0.2) is 0 Å². The van der Waals surface area contributed by atoms with Crippen molar-refractivity contribution in [1.82, 2.24) is 0 Å². The summed E-state index contributed by atoms with van der Waals surface area (Å²) in [7, 11) is 0. The van der Waals surface area contributed by atoms with E-state index in [9.17, 15) is 0 Å². The summed E-state index contributed by atoms with van der Waals surface area (Å²) >= 11 is 0. The third-order valence-electron chi connectivity index (χ3n) is 2.00. The van der Waals surface area contributed by atoms with Gasteiger partial charge in [-0.2, -0.15) is 15.6 Å². The Morgan fingerprint density at radius 2 is 1.88 bits per heavy atom. The van der Waals surface area contributed by atoms with Crippen molar-refractivity contribution in [3.05, 3.63) is 29.8 Å². The van der Waals surface area contributed by atoms with E-state index in [2.05, 4.69) is 17.5 Å². The maximum absolute atomic E-state index is 8.47. The highest BCUT2D eigenvalue weighted by atomic mass is 15.3. The van der Waals surface area contributed by atoms with Crippen molar-refractivity contribution < 1.29 is 0 Å². The monoisotopic (exact) mass is 212 g/mol. The van der Waals surface area contributed by atoms with Crippen LogP contribution in [0.4, 0.5) is 5.69 Å². The van der Waals surface area contributed by atoms with Crippen LogP contribution in [0.1, 0.15) is 18.9 Å². The van der Waals surface area contributed by atoms with Crippen LogP contribution in [-0.2, 0) is 6.42 Å². The molecular weight excluding hydrogens is 200 g/mol. The van der Waals surface area contributed by atoms with Crippen LogP contribution in [0.5, 0.6) is 0 Å². The maximum atomic E-state index is 8.47. The zero-order valence-corrected chi connectivity index (χ0v) is 9.07. The molecule has 1 rings (SSSR count). The lowest BCUT2D eigenvalue weighted by molar-refractivity contribution is 0.922. The molecule has 0 bridgehead atoms. The second kappa shape index (κ2) is 6.21. The highest BCUT2D eigenvalue weighted by Gasteiger charge is 1.95. The Morgan fingerprint density at radius 1 is 1.25 bits per heavy atom. The molecule has 0 radical (unpaired) electrons. The lowest BCUT2D eigenvalue weighted by atomic mass is 10.1. The van der Waals surface area contributed by atoms with E-state index >= 15 is 0 Å². The van der Waals surface area contributed by atoms with E-state index in [1.165, 1.54) is 5.56 Å². The molecule has 0 heterocycles. The number of hydrogen-bond acceptors (Lipinski definition) is 4. The molecule has 0 saturated carbocycles. The average Bonchev–Trinajstić information content (AvgIpc) is 2.33. The molecular formula is C12H12N4. The smallest absolute Gasteiger partial charge is 0.237 e. The molecule has 0 unspecified atom stereocenters. The number of nitriles is 2.